The van der Waals surface area contributed by atoms with E-state index in [1.54, 1.807) is 4.90 Å². The molecule has 0 aromatic rings. The van der Waals surface area contributed by atoms with Crippen LogP contribution >= 0.6 is 0 Å². The molecule has 9 heteroatoms. The molecule has 2 rings (SSSR count). The van der Waals surface area contributed by atoms with Gasteiger partial charge in [0.2, 0.25) is 15.9 Å². The fraction of sp³-hybridized carbons (Fsp3) is 0.929. The molecule has 2 saturated heterocycles. The minimum absolute atomic E-state index is 0.0463. The lowest BCUT2D eigenvalue weighted by Gasteiger charge is -2.36. The highest BCUT2D eigenvalue weighted by Gasteiger charge is 2.32. The van der Waals surface area contributed by atoms with Gasteiger partial charge in [0.25, 0.3) is 0 Å². The van der Waals surface area contributed by atoms with Crippen molar-refractivity contribution in [3.63, 3.8) is 0 Å². The topological polar surface area (TPSA) is 90.4 Å². The van der Waals surface area contributed by atoms with Gasteiger partial charge >= 0.3 is 0 Å². The van der Waals surface area contributed by atoms with Crippen molar-refractivity contribution in [2.45, 2.75) is 19.4 Å². The normalized spacial score (nSPS) is 24.0. The molecule has 2 heterocycles. The molecule has 2 aliphatic rings. The van der Waals surface area contributed by atoms with Gasteiger partial charge in [-0.05, 0) is 13.3 Å². The lowest BCUT2D eigenvalue weighted by atomic mass is 10.2. The van der Waals surface area contributed by atoms with Gasteiger partial charge < -0.3 is 14.7 Å². The SMILES string of the molecule is CCOCC(O)CN1CCN(C(=O)CN2CCCS2(=O)=O)CC1. The number of carbonyl (C=O) groups excluding carboxylic acids is 1. The second-order valence-electron chi connectivity index (χ2n) is 6.00. The number of sulfonamides is 1. The van der Waals surface area contributed by atoms with Crippen molar-refractivity contribution in [3.8, 4) is 0 Å². The van der Waals surface area contributed by atoms with Crippen molar-refractivity contribution >= 4 is 15.9 Å². The minimum Gasteiger partial charge on any atom is -0.389 e. The molecule has 8 nitrogen and oxygen atoms in total. The van der Waals surface area contributed by atoms with Crippen molar-refractivity contribution in [3.05, 3.63) is 0 Å². The number of hydrogen-bond acceptors (Lipinski definition) is 6. The molecular formula is C14H27N3O5S. The number of nitrogens with zero attached hydrogens (tertiary/aromatic N) is 3. The summed E-state index contributed by atoms with van der Waals surface area (Å²) >= 11 is 0. The quantitative estimate of drug-likeness (QED) is 0.606. The molecule has 1 atom stereocenters. The summed E-state index contributed by atoms with van der Waals surface area (Å²) in [4.78, 5) is 16.0. The first-order valence-electron chi connectivity index (χ1n) is 8.16. The summed E-state index contributed by atoms with van der Waals surface area (Å²) in [5, 5.41) is 9.83. The molecule has 0 spiro atoms. The van der Waals surface area contributed by atoms with E-state index in [9.17, 15) is 18.3 Å². The van der Waals surface area contributed by atoms with Gasteiger partial charge in [-0.15, -0.1) is 0 Å². The van der Waals surface area contributed by atoms with Gasteiger partial charge in [-0.3, -0.25) is 9.69 Å². The number of β-amino-alcohol motifs (C(OH)–C–C–N with tert-alkyl or cyclic N) is 1. The van der Waals surface area contributed by atoms with Gasteiger partial charge in [0.1, 0.15) is 0 Å². The van der Waals surface area contributed by atoms with E-state index in [-0.39, 0.29) is 18.2 Å². The zero-order chi connectivity index (χ0) is 16.9. The number of ether oxygens (including phenoxy) is 1. The molecule has 1 amide bonds. The highest BCUT2D eigenvalue weighted by Crippen LogP contribution is 2.14. The Kier molecular flexibility index (Phi) is 6.78. The largest absolute Gasteiger partial charge is 0.389 e. The molecule has 0 aromatic heterocycles. The Bertz CT molecular complexity index is 491. The molecule has 0 saturated carbocycles. The number of carbonyl (C=O) groups is 1. The summed E-state index contributed by atoms with van der Waals surface area (Å²) in [6.07, 6.45) is 0.0770. The Morgan fingerprint density at radius 3 is 2.48 bits per heavy atom. The number of piperazine rings is 1. The van der Waals surface area contributed by atoms with Crippen LogP contribution in [0.5, 0.6) is 0 Å². The molecule has 23 heavy (non-hydrogen) atoms. The summed E-state index contributed by atoms with van der Waals surface area (Å²) in [6, 6.07) is 0. The maximum absolute atomic E-state index is 12.2. The summed E-state index contributed by atoms with van der Waals surface area (Å²) in [6.45, 7) is 6.21. The number of aliphatic hydroxyl groups is 1. The third-order valence-corrected chi connectivity index (χ3v) is 6.13. The van der Waals surface area contributed by atoms with Crippen LogP contribution in [-0.2, 0) is 19.6 Å². The Morgan fingerprint density at radius 1 is 1.22 bits per heavy atom. The average molecular weight is 349 g/mol. The lowest BCUT2D eigenvalue weighted by molar-refractivity contribution is -0.133. The monoisotopic (exact) mass is 349 g/mol. The van der Waals surface area contributed by atoms with Crippen molar-refractivity contribution in [2.24, 2.45) is 0 Å². The zero-order valence-corrected chi connectivity index (χ0v) is 14.5. The van der Waals surface area contributed by atoms with Gasteiger partial charge in [0.05, 0.1) is 25.0 Å². The molecule has 0 aliphatic carbocycles. The van der Waals surface area contributed by atoms with Crippen LogP contribution < -0.4 is 0 Å². The van der Waals surface area contributed by atoms with E-state index in [4.69, 9.17) is 4.74 Å². The third kappa shape index (κ3) is 5.39. The first-order valence-corrected chi connectivity index (χ1v) is 9.77. The lowest BCUT2D eigenvalue weighted by Crippen LogP contribution is -2.52. The molecular weight excluding hydrogens is 322 g/mol. The van der Waals surface area contributed by atoms with Crippen molar-refractivity contribution in [2.75, 3.05) is 64.8 Å². The van der Waals surface area contributed by atoms with E-state index in [1.807, 2.05) is 6.92 Å². The molecule has 0 bridgehead atoms. The first kappa shape index (κ1) is 18.6. The summed E-state index contributed by atoms with van der Waals surface area (Å²) in [5.74, 6) is 0.0104. The average Bonchev–Trinajstić information content (AvgIpc) is 2.84. The van der Waals surface area contributed by atoms with Crippen molar-refractivity contribution in [1.29, 1.82) is 0 Å². The molecule has 2 fully saturated rings. The van der Waals surface area contributed by atoms with Gasteiger partial charge in [-0.1, -0.05) is 0 Å². The summed E-state index contributed by atoms with van der Waals surface area (Å²) < 4.78 is 30.0. The Labute approximate surface area is 138 Å². The molecule has 1 N–H and O–H groups in total. The highest BCUT2D eigenvalue weighted by atomic mass is 32.2. The fourth-order valence-electron chi connectivity index (χ4n) is 2.90. The van der Waals surface area contributed by atoms with Crippen LogP contribution in [0.2, 0.25) is 0 Å². The van der Waals surface area contributed by atoms with Crippen LogP contribution in [0.25, 0.3) is 0 Å². The zero-order valence-electron chi connectivity index (χ0n) is 13.7. The van der Waals surface area contributed by atoms with Gasteiger partial charge in [-0.2, -0.15) is 4.31 Å². The number of rotatable bonds is 7. The Hall–Kier alpha value is -0.740. The van der Waals surface area contributed by atoms with E-state index in [0.717, 1.165) is 0 Å². The molecule has 0 aromatic carbocycles. The van der Waals surface area contributed by atoms with Crippen molar-refractivity contribution in [1.82, 2.24) is 14.1 Å². The predicted molar refractivity (Wildman–Crippen MR) is 85.5 cm³/mol. The minimum atomic E-state index is -3.23. The maximum Gasteiger partial charge on any atom is 0.237 e. The number of aliphatic hydroxyl groups excluding tert-OH is 1. The predicted octanol–water partition coefficient (Wildman–Crippen LogP) is -1.44. The molecule has 0 radical (unpaired) electrons. The van der Waals surface area contributed by atoms with E-state index >= 15 is 0 Å². The van der Waals surface area contributed by atoms with Crippen molar-refractivity contribution < 1.29 is 23.1 Å². The fourth-order valence-corrected chi connectivity index (χ4v) is 4.37. The Balaban J connectivity index is 1.72. The van der Waals surface area contributed by atoms with E-state index in [1.165, 1.54) is 4.31 Å². The number of hydrogen-bond donors (Lipinski definition) is 1. The molecule has 1 unspecified atom stereocenters. The highest BCUT2D eigenvalue weighted by molar-refractivity contribution is 7.89. The van der Waals surface area contributed by atoms with Crippen LogP contribution in [0.1, 0.15) is 13.3 Å². The summed E-state index contributed by atoms with van der Waals surface area (Å²) in [5.41, 5.74) is 0. The molecule has 2 aliphatic heterocycles. The smallest absolute Gasteiger partial charge is 0.237 e. The van der Waals surface area contributed by atoms with Crippen LogP contribution in [0, 0.1) is 0 Å². The number of amides is 1. The standard InChI is InChI=1S/C14H27N3O5S/c1-2-22-12-13(18)10-15-5-7-16(8-6-15)14(19)11-17-4-3-9-23(17,20)21/h13,18H,2-12H2,1H3. The van der Waals surface area contributed by atoms with Crippen LogP contribution in [-0.4, -0.2) is 104 Å². The van der Waals surface area contributed by atoms with Crippen LogP contribution in [0.4, 0.5) is 0 Å². The molecule has 134 valence electrons. The maximum atomic E-state index is 12.2. The van der Waals surface area contributed by atoms with Crippen LogP contribution in [0.15, 0.2) is 0 Å². The first-order chi connectivity index (χ1) is 10.9. The second-order valence-corrected chi connectivity index (χ2v) is 8.09. The second kappa shape index (κ2) is 8.39. The van der Waals surface area contributed by atoms with Gasteiger partial charge in [0.15, 0.2) is 0 Å². The third-order valence-electron chi connectivity index (χ3n) is 4.22. The van der Waals surface area contributed by atoms with E-state index in [0.29, 0.717) is 58.9 Å². The van der Waals surface area contributed by atoms with Gasteiger partial charge in [-0.25, -0.2) is 8.42 Å². The Morgan fingerprint density at radius 2 is 1.91 bits per heavy atom. The van der Waals surface area contributed by atoms with E-state index < -0.39 is 16.1 Å². The van der Waals surface area contributed by atoms with Gasteiger partial charge in [0, 0.05) is 45.9 Å². The van der Waals surface area contributed by atoms with E-state index in [2.05, 4.69) is 4.90 Å². The van der Waals surface area contributed by atoms with Crippen LogP contribution in [0.3, 0.4) is 0 Å². The summed E-state index contributed by atoms with van der Waals surface area (Å²) in [7, 11) is -3.23.